The molecule has 4 heteroatoms. The summed E-state index contributed by atoms with van der Waals surface area (Å²) in [5, 5.41) is 6.39. The molecule has 2 N–H and O–H groups in total. The molecule has 3 unspecified atom stereocenters. The van der Waals surface area contributed by atoms with Gasteiger partial charge in [0.05, 0.1) is 0 Å². The molecule has 4 nitrogen and oxygen atoms in total. The molecular formula is C17H24N2O2. The van der Waals surface area contributed by atoms with E-state index < -0.39 is 11.7 Å². The zero-order valence-electron chi connectivity index (χ0n) is 13.0. The molecule has 3 rings (SSSR count). The van der Waals surface area contributed by atoms with Crippen LogP contribution in [0.1, 0.15) is 40.0 Å². The van der Waals surface area contributed by atoms with Gasteiger partial charge in [0, 0.05) is 17.4 Å². The molecule has 0 saturated heterocycles. The lowest BCUT2D eigenvalue weighted by atomic mass is 10.1. The summed E-state index contributed by atoms with van der Waals surface area (Å²) in [6.45, 7) is 5.57. The fraction of sp³-hybridized carbons (Fsp3) is 0.588. The van der Waals surface area contributed by atoms with Crippen molar-refractivity contribution < 1.29 is 9.53 Å². The SMILES string of the molecule is CC(C)(C)OC(=O)Nc1cccc(NC2CCC3CC32)c1. The van der Waals surface area contributed by atoms with Gasteiger partial charge in [-0.3, -0.25) is 5.32 Å². The number of fused-ring (bicyclic) bond motifs is 1. The lowest BCUT2D eigenvalue weighted by Gasteiger charge is -2.20. The summed E-state index contributed by atoms with van der Waals surface area (Å²) in [5.74, 6) is 1.83. The highest BCUT2D eigenvalue weighted by molar-refractivity contribution is 5.85. The number of amides is 1. The van der Waals surface area contributed by atoms with Crippen LogP contribution in [0.2, 0.25) is 0 Å². The minimum atomic E-state index is -0.481. The molecule has 2 aliphatic rings. The molecule has 2 fully saturated rings. The maximum Gasteiger partial charge on any atom is 0.412 e. The Bertz CT molecular complexity index is 536. The average molecular weight is 288 g/mol. The number of anilines is 2. The first kappa shape index (κ1) is 14.2. The summed E-state index contributed by atoms with van der Waals surface area (Å²) >= 11 is 0. The van der Waals surface area contributed by atoms with Crippen molar-refractivity contribution in [1.82, 2.24) is 0 Å². The number of nitrogens with one attached hydrogen (secondary N) is 2. The topological polar surface area (TPSA) is 50.4 Å². The van der Waals surface area contributed by atoms with Gasteiger partial charge in [-0.2, -0.15) is 0 Å². The Morgan fingerprint density at radius 1 is 1.24 bits per heavy atom. The Morgan fingerprint density at radius 3 is 2.62 bits per heavy atom. The van der Waals surface area contributed by atoms with Crippen LogP contribution >= 0.6 is 0 Å². The van der Waals surface area contributed by atoms with E-state index >= 15 is 0 Å². The second kappa shape index (κ2) is 5.24. The molecule has 114 valence electrons. The van der Waals surface area contributed by atoms with Crippen molar-refractivity contribution in [2.24, 2.45) is 11.8 Å². The predicted octanol–water partition coefficient (Wildman–Crippen LogP) is 4.24. The summed E-state index contributed by atoms with van der Waals surface area (Å²) in [5.41, 5.74) is 1.35. The normalized spacial score (nSPS) is 26.9. The standard InChI is InChI=1S/C17H24N2O2/c1-17(2,3)21-16(20)19-13-6-4-5-12(10-13)18-15-8-7-11-9-14(11)15/h4-6,10-11,14-15,18H,7-9H2,1-3H3,(H,19,20). The molecule has 1 aromatic rings. The van der Waals surface area contributed by atoms with Gasteiger partial charge in [-0.05, 0) is 70.1 Å². The van der Waals surface area contributed by atoms with Crippen molar-refractivity contribution >= 4 is 17.5 Å². The molecule has 0 aliphatic heterocycles. The largest absolute Gasteiger partial charge is 0.444 e. The van der Waals surface area contributed by atoms with Gasteiger partial charge in [-0.15, -0.1) is 0 Å². The van der Waals surface area contributed by atoms with Crippen LogP contribution in [-0.4, -0.2) is 17.7 Å². The molecule has 0 spiro atoms. The Hall–Kier alpha value is -1.71. The highest BCUT2D eigenvalue weighted by atomic mass is 16.6. The van der Waals surface area contributed by atoms with Gasteiger partial charge in [0.25, 0.3) is 0 Å². The smallest absolute Gasteiger partial charge is 0.412 e. The molecule has 21 heavy (non-hydrogen) atoms. The minimum absolute atomic E-state index is 0.414. The highest BCUT2D eigenvalue weighted by Gasteiger charge is 2.47. The molecule has 3 atom stereocenters. The highest BCUT2D eigenvalue weighted by Crippen LogP contribution is 2.52. The Balaban J connectivity index is 1.59. The first-order chi connectivity index (χ1) is 9.90. The second-order valence-electron chi connectivity index (χ2n) is 7.20. The maximum atomic E-state index is 11.8. The van der Waals surface area contributed by atoms with Crippen LogP contribution < -0.4 is 10.6 Å². The third-order valence-electron chi connectivity index (χ3n) is 4.20. The molecule has 1 amide bonds. The lowest BCUT2D eigenvalue weighted by Crippen LogP contribution is -2.27. The van der Waals surface area contributed by atoms with Crippen LogP contribution in [-0.2, 0) is 4.74 Å². The van der Waals surface area contributed by atoms with Crippen molar-refractivity contribution in [1.29, 1.82) is 0 Å². The van der Waals surface area contributed by atoms with Gasteiger partial charge in [0.15, 0.2) is 0 Å². The van der Waals surface area contributed by atoms with E-state index in [2.05, 4.69) is 16.7 Å². The number of ether oxygens (including phenoxy) is 1. The zero-order chi connectivity index (χ0) is 15.0. The number of benzene rings is 1. The number of hydrogen-bond acceptors (Lipinski definition) is 3. The van der Waals surface area contributed by atoms with Crippen LogP contribution in [0.5, 0.6) is 0 Å². The van der Waals surface area contributed by atoms with Crippen molar-refractivity contribution in [3.05, 3.63) is 24.3 Å². The van der Waals surface area contributed by atoms with Crippen LogP contribution in [0.25, 0.3) is 0 Å². The average Bonchev–Trinajstić information content (AvgIpc) is 3.04. The van der Waals surface area contributed by atoms with Gasteiger partial charge in [-0.1, -0.05) is 6.07 Å². The van der Waals surface area contributed by atoms with Crippen molar-refractivity contribution in [2.75, 3.05) is 10.6 Å². The number of carbonyl (C=O) groups is 1. The van der Waals surface area contributed by atoms with Gasteiger partial charge < -0.3 is 10.1 Å². The van der Waals surface area contributed by atoms with Crippen LogP contribution in [0, 0.1) is 11.8 Å². The fourth-order valence-corrected chi connectivity index (χ4v) is 3.20. The third kappa shape index (κ3) is 3.69. The summed E-state index contributed by atoms with van der Waals surface area (Å²) in [4.78, 5) is 11.8. The fourth-order valence-electron chi connectivity index (χ4n) is 3.20. The van der Waals surface area contributed by atoms with E-state index in [0.717, 1.165) is 23.2 Å². The number of carbonyl (C=O) groups excluding carboxylic acids is 1. The zero-order valence-corrected chi connectivity index (χ0v) is 13.0. The summed E-state index contributed by atoms with van der Waals surface area (Å²) in [6, 6.07) is 8.46. The summed E-state index contributed by atoms with van der Waals surface area (Å²) in [6.07, 6.45) is 3.59. The molecule has 0 aromatic heterocycles. The van der Waals surface area contributed by atoms with E-state index in [1.807, 2.05) is 39.0 Å². The van der Waals surface area contributed by atoms with E-state index in [4.69, 9.17) is 4.74 Å². The first-order valence-electron chi connectivity index (χ1n) is 7.77. The minimum Gasteiger partial charge on any atom is -0.444 e. The second-order valence-corrected chi connectivity index (χ2v) is 7.20. The van der Waals surface area contributed by atoms with E-state index in [9.17, 15) is 4.79 Å². The summed E-state index contributed by atoms with van der Waals surface area (Å²) < 4.78 is 5.27. The van der Waals surface area contributed by atoms with Crippen molar-refractivity contribution in [2.45, 2.75) is 51.7 Å². The maximum absolute atomic E-state index is 11.8. The Morgan fingerprint density at radius 2 is 2.00 bits per heavy atom. The Kier molecular flexibility index (Phi) is 3.56. The molecule has 0 radical (unpaired) electrons. The Labute approximate surface area is 126 Å². The lowest BCUT2D eigenvalue weighted by molar-refractivity contribution is 0.0636. The monoisotopic (exact) mass is 288 g/mol. The van der Waals surface area contributed by atoms with Crippen molar-refractivity contribution in [3.63, 3.8) is 0 Å². The molecule has 1 aromatic carbocycles. The van der Waals surface area contributed by atoms with Gasteiger partial charge in [0.2, 0.25) is 0 Å². The van der Waals surface area contributed by atoms with E-state index in [1.165, 1.54) is 19.3 Å². The third-order valence-corrected chi connectivity index (χ3v) is 4.20. The van der Waals surface area contributed by atoms with Crippen LogP contribution in [0.4, 0.5) is 16.2 Å². The molecule has 0 bridgehead atoms. The van der Waals surface area contributed by atoms with Crippen LogP contribution in [0.15, 0.2) is 24.3 Å². The molecule has 0 heterocycles. The summed E-state index contributed by atoms with van der Waals surface area (Å²) in [7, 11) is 0. The molecule has 2 aliphatic carbocycles. The van der Waals surface area contributed by atoms with E-state index in [0.29, 0.717) is 6.04 Å². The van der Waals surface area contributed by atoms with Gasteiger partial charge in [-0.25, -0.2) is 4.79 Å². The predicted molar refractivity (Wildman–Crippen MR) is 84.5 cm³/mol. The van der Waals surface area contributed by atoms with Crippen LogP contribution in [0.3, 0.4) is 0 Å². The number of hydrogen-bond donors (Lipinski definition) is 2. The van der Waals surface area contributed by atoms with E-state index in [-0.39, 0.29) is 0 Å². The van der Waals surface area contributed by atoms with E-state index in [1.54, 1.807) is 0 Å². The van der Waals surface area contributed by atoms with Gasteiger partial charge in [0.1, 0.15) is 5.60 Å². The quantitative estimate of drug-likeness (QED) is 0.874. The number of rotatable bonds is 3. The first-order valence-corrected chi connectivity index (χ1v) is 7.77. The van der Waals surface area contributed by atoms with Crippen molar-refractivity contribution in [3.8, 4) is 0 Å². The van der Waals surface area contributed by atoms with Gasteiger partial charge >= 0.3 is 6.09 Å². The molecule has 2 saturated carbocycles. The molecular weight excluding hydrogens is 264 g/mol.